The lowest BCUT2D eigenvalue weighted by Crippen LogP contribution is -2.10. The van der Waals surface area contributed by atoms with Gasteiger partial charge in [-0.1, -0.05) is 44.9 Å². The number of esters is 2. The molecule has 0 heterocycles. The maximum Gasteiger partial charge on any atom is 0.311 e. The Morgan fingerprint density at radius 3 is 2.30 bits per heavy atom. The summed E-state index contributed by atoms with van der Waals surface area (Å²) in [5.74, 6) is 0.228. The highest BCUT2D eigenvalue weighted by molar-refractivity contribution is 5.73. The number of para-hydroxylation sites is 1. The average molecular weight is 320 g/mol. The normalized spacial score (nSPS) is 10.3. The van der Waals surface area contributed by atoms with E-state index in [1.54, 1.807) is 0 Å². The van der Waals surface area contributed by atoms with E-state index in [9.17, 15) is 9.59 Å². The van der Waals surface area contributed by atoms with Crippen molar-refractivity contribution in [2.75, 3.05) is 6.61 Å². The Bertz CT molecular complexity index is 482. The van der Waals surface area contributed by atoms with Gasteiger partial charge in [-0.15, -0.1) is 0 Å². The Balaban J connectivity index is 2.23. The molecule has 0 radical (unpaired) electrons. The third kappa shape index (κ3) is 8.38. The van der Waals surface area contributed by atoms with Crippen LogP contribution >= 0.6 is 0 Å². The molecule has 0 saturated carbocycles. The van der Waals surface area contributed by atoms with E-state index in [2.05, 4.69) is 13.8 Å². The summed E-state index contributed by atoms with van der Waals surface area (Å²) in [6.45, 7) is 4.64. The largest absolute Gasteiger partial charge is 0.466 e. The smallest absolute Gasteiger partial charge is 0.311 e. The van der Waals surface area contributed by atoms with Gasteiger partial charge in [-0.25, -0.2) is 0 Å². The van der Waals surface area contributed by atoms with Gasteiger partial charge >= 0.3 is 11.9 Å². The molecule has 0 saturated heterocycles. The molecule has 0 aliphatic heterocycles. The Morgan fingerprint density at radius 1 is 0.913 bits per heavy atom. The van der Waals surface area contributed by atoms with Crippen molar-refractivity contribution in [1.82, 2.24) is 0 Å². The highest BCUT2D eigenvalue weighted by Gasteiger charge is 2.09. The van der Waals surface area contributed by atoms with Crippen LogP contribution in [0.1, 0.15) is 64.4 Å². The van der Waals surface area contributed by atoms with Crippen LogP contribution < -0.4 is 4.74 Å². The minimum atomic E-state index is -0.243. The topological polar surface area (TPSA) is 52.6 Å². The van der Waals surface area contributed by atoms with Gasteiger partial charge in [0.25, 0.3) is 0 Å². The molecule has 0 aromatic heterocycles. The second-order valence-corrected chi connectivity index (χ2v) is 5.61. The molecule has 1 aromatic carbocycles. The van der Waals surface area contributed by atoms with Gasteiger partial charge in [0.1, 0.15) is 5.75 Å². The first kappa shape index (κ1) is 19.2. The van der Waals surface area contributed by atoms with Crippen molar-refractivity contribution in [3.63, 3.8) is 0 Å². The zero-order valence-electron chi connectivity index (χ0n) is 14.3. The molecule has 0 bridgehead atoms. The van der Waals surface area contributed by atoms with Crippen LogP contribution in [0.4, 0.5) is 0 Å². The van der Waals surface area contributed by atoms with Gasteiger partial charge in [0.05, 0.1) is 6.61 Å². The summed E-state index contributed by atoms with van der Waals surface area (Å²) >= 11 is 0. The molecule has 4 nitrogen and oxygen atoms in total. The number of carbonyl (C=O) groups excluding carboxylic acids is 2. The maximum atomic E-state index is 11.9. The fraction of sp³-hybridized carbons (Fsp3) is 0.579. The summed E-state index contributed by atoms with van der Waals surface area (Å²) in [6.07, 6.45) is 5.79. The molecule has 0 amide bonds. The molecular formula is C19H28O4. The fourth-order valence-corrected chi connectivity index (χ4v) is 2.19. The Hall–Kier alpha value is -1.84. The molecule has 0 spiro atoms. The van der Waals surface area contributed by atoms with Crippen LogP contribution in [0.15, 0.2) is 24.3 Å². The van der Waals surface area contributed by atoms with Gasteiger partial charge < -0.3 is 9.47 Å². The lowest BCUT2D eigenvalue weighted by molar-refractivity contribution is -0.144. The molecule has 23 heavy (non-hydrogen) atoms. The number of rotatable bonds is 11. The first-order valence-electron chi connectivity index (χ1n) is 8.61. The lowest BCUT2D eigenvalue weighted by atomic mass is 10.1. The Kier molecular flexibility index (Phi) is 9.76. The highest BCUT2D eigenvalue weighted by atomic mass is 16.5. The summed E-state index contributed by atoms with van der Waals surface area (Å²) in [5, 5.41) is 0. The molecule has 0 aliphatic rings. The van der Waals surface area contributed by atoms with Crippen LogP contribution in [0.2, 0.25) is 0 Å². The predicted molar refractivity (Wildman–Crippen MR) is 90.4 cm³/mol. The summed E-state index contributed by atoms with van der Waals surface area (Å²) < 4.78 is 10.5. The quantitative estimate of drug-likeness (QED) is 0.343. The first-order valence-corrected chi connectivity index (χ1v) is 8.61. The lowest BCUT2D eigenvalue weighted by Gasteiger charge is -2.09. The van der Waals surface area contributed by atoms with E-state index in [0.717, 1.165) is 31.2 Å². The molecule has 0 N–H and O–H groups in total. The van der Waals surface area contributed by atoms with Gasteiger partial charge in [-0.3, -0.25) is 9.59 Å². The number of unbranched alkanes of at least 4 members (excludes halogenated alkanes) is 2. The molecule has 0 atom stereocenters. The van der Waals surface area contributed by atoms with Crippen molar-refractivity contribution in [3.8, 4) is 5.75 Å². The Morgan fingerprint density at radius 2 is 1.61 bits per heavy atom. The minimum absolute atomic E-state index is 0.180. The van der Waals surface area contributed by atoms with E-state index in [1.807, 2.05) is 24.3 Å². The van der Waals surface area contributed by atoms with Gasteiger partial charge in [-0.05, 0) is 37.3 Å². The van der Waals surface area contributed by atoms with Crippen LogP contribution in [0, 0.1) is 0 Å². The average Bonchev–Trinajstić information content (AvgIpc) is 2.54. The van der Waals surface area contributed by atoms with Crippen molar-refractivity contribution in [2.45, 2.75) is 65.2 Å². The number of benzene rings is 1. The highest BCUT2D eigenvalue weighted by Crippen LogP contribution is 2.20. The van der Waals surface area contributed by atoms with E-state index in [1.165, 1.54) is 0 Å². The van der Waals surface area contributed by atoms with Crippen molar-refractivity contribution in [1.29, 1.82) is 0 Å². The zero-order valence-corrected chi connectivity index (χ0v) is 14.3. The van der Waals surface area contributed by atoms with Crippen molar-refractivity contribution in [3.05, 3.63) is 29.8 Å². The second-order valence-electron chi connectivity index (χ2n) is 5.61. The fourth-order valence-electron chi connectivity index (χ4n) is 2.19. The van der Waals surface area contributed by atoms with Gasteiger partial charge in [-0.2, -0.15) is 0 Å². The predicted octanol–water partition coefficient (Wildman–Crippen LogP) is 4.45. The summed E-state index contributed by atoms with van der Waals surface area (Å²) in [6, 6.07) is 7.63. The van der Waals surface area contributed by atoms with Gasteiger partial charge in [0.15, 0.2) is 0 Å². The molecular weight excluding hydrogens is 292 g/mol. The molecule has 128 valence electrons. The molecule has 0 fully saturated rings. The summed E-state index contributed by atoms with van der Waals surface area (Å²) in [4.78, 5) is 23.3. The van der Waals surface area contributed by atoms with E-state index in [0.29, 0.717) is 38.0 Å². The SMILES string of the molecule is CCCCOC(=O)CCCCC(=O)Oc1ccccc1CCC. The number of hydrogen-bond acceptors (Lipinski definition) is 4. The molecule has 0 aliphatic carbocycles. The van der Waals surface area contributed by atoms with E-state index in [4.69, 9.17) is 9.47 Å². The minimum Gasteiger partial charge on any atom is -0.466 e. The monoisotopic (exact) mass is 320 g/mol. The number of aryl methyl sites for hydroxylation is 1. The molecule has 0 unspecified atom stereocenters. The molecule has 4 heteroatoms. The van der Waals surface area contributed by atoms with Crippen LogP contribution in [-0.4, -0.2) is 18.5 Å². The maximum absolute atomic E-state index is 11.9. The third-order valence-electron chi connectivity index (χ3n) is 3.49. The second kappa shape index (κ2) is 11.7. The van der Waals surface area contributed by atoms with Gasteiger partial charge in [0, 0.05) is 12.8 Å². The van der Waals surface area contributed by atoms with E-state index < -0.39 is 0 Å². The van der Waals surface area contributed by atoms with Crippen molar-refractivity contribution < 1.29 is 19.1 Å². The number of ether oxygens (including phenoxy) is 2. The van der Waals surface area contributed by atoms with Crippen LogP contribution in [0.25, 0.3) is 0 Å². The van der Waals surface area contributed by atoms with E-state index in [-0.39, 0.29) is 11.9 Å². The van der Waals surface area contributed by atoms with Crippen LogP contribution in [-0.2, 0) is 20.7 Å². The summed E-state index contributed by atoms with van der Waals surface area (Å²) in [5.41, 5.74) is 1.06. The van der Waals surface area contributed by atoms with Crippen molar-refractivity contribution in [2.24, 2.45) is 0 Å². The molecule has 1 aromatic rings. The third-order valence-corrected chi connectivity index (χ3v) is 3.49. The van der Waals surface area contributed by atoms with Crippen molar-refractivity contribution >= 4 is 11.9 Å². The standard InChI is InChI=1S/C19H28O4/c1-3-5-15-22-18(20)13-8-9-14-19(21)23-17-12-7-6-11-16(17)10-4-2/h6-7,11-12H,3-5,8-10,13-15H2,1-2H3. The molecule has 1 rings (SSSR count). The number of carbonyl (C=O) groups is 2. The Labute approximate surface area is 139 Å². The zero-order chi connectivity index (χ0) is 16.9. The first-order chi connectivity index (χ1) is 11.2. The van der Waals surface area contributed by atoms with Crippen LogP contribution in [0.5, 0.6) is 5.75 Å². The van der Waals surface area contributed by atoms with Crippen LogP contribution in [0.3, 0.4) is 0 Å². The summed E-state index contributed by atoms with van der Waals surface area (Å²) in [7, 11) is 0. The number of hydrogen-bond donors (Lipinski definition) is 0. The van der Waals surface area contributed by atoms with Gasteiger partial charge in [0.2, 0.25) is 0 Å². The van der Waals surface area contributed by atoms with E-state index >= 15 is 0 Å².